The van der Waals surface area contributed by atoms with Crippen LogP contribution in [0.4, 0.5) is 0 Å². The van der Waals surface area contributed by atoms with Crippen LogP contribution < -0.4 is 16.4 Å². The molecule has 0 aliphatic heterocycles. The molecule has 0 atom stereocenters. The highest BCUT2D eigenvalue weighted by Crippen LogP contribution is 2.05. The number of carbonyl (C=O) groups excluding carboxylic acids is 1. The Morgan fingerprint density at radius 3 is 2.54 bits per heavy atom. The average molecular weight is 187 g/mol. The van der Waals surface area contributed by atoms with E-state index in [-0.39, 0.29) is 11.4 Å². The minimum Gasteiger partial charge on any atom is -0.350 e. The fourth-order valence-electron chi connectivity index (χ4n) is 0.814. The van der Waals surface area contributed by atoms with E-state index in [1.54, 1.807) is 0 Å². The Labute approximate surface area is 80.3 Å². The normalized spacial score (nSPS) is 11.4. The summed E-state index contributed by atoms with van der Waals surface area (Å²) in [6.07, 6.45) is 0.926. The topological polar surface area (TPSA) is 67.2 Å². The zero-order valence-electron chi connectivity index (χ0n) is 8.81. The minimum atomic E-state index is -0.110. The van der Waals surface area contributed by atoms with Crippen molar-refractivity contribution in [1.29, 1.82) is 0 Å². The number of amides is 1. The third-order valence-electron chi connectivity index (χ3n) is 1.97. The van der Waals surface area contributed by atoms with Gasteiger partial charge >= 0.3 is 0 Å². The van der Waals surface area contributed by atoms with Gasteiger partial charge in [0.15, 0.2) is 0 Å². The second-order valence-electron chi connectivity index (χ2n) is 3.75. The number of rotatable bonds is 6. The van der Waals surface area contributed by atoms with Crippen molar-refractivity contribution in [3.8, 4) is 0 Å². The van der Waals surface area contributed by atoms with Crippen LogP contribution >= 0.6 is 0 Å². The molecule has 0 bridgehead atoms. The summed E-state index contributed by atoms with van der Waals surface area (Å²) >= 11 is 0. The van der Waals surface area contributed by atoms with Gasteiger partial charge in [-0.15, -0.1) is 0 Å². The fraction of sp³-hybridized carbons (Fsp3) is 0.889. The molecule has 0 aromatic rings. The molecule has 0 saturated heterocycles. The molecule has 0 aliphatic rings. The number of nitrogens with two attached hydrogens (primary N) is 1. The van der Waals surface area contributed by atoms with Crippen molar-refractivity contribution in [2.45, 2.75) is 32.7 Å². The summed E-state index contributed by atoms with van der Waals surface area (Å²) in [5.74, 6) is 0.0281. The van der Waals surface area contributed by atoms with E-state index in [1.807, 2.05) is 20.8 Å². The molecule has 4 nitrogen and oxygen atoms in total. The number of hydrogen-bond donors (Lipinski definition) is 3. The van der Waals surface area contributed by atoms with Crippen LogP contribution in [0.15, 0.2) is 0 Å². The van der Waals surface area contributed by atoms with Crippen LogP contribution in [-0.4, -0.2) is 31.1 Å². The van der Waals surface area contributed by atoms with Gasteiger partial charge in [-0.2, -0.15) is 0 Å². The van der Waals surface area contributed by atoms with Crippen LogP contribution in [0.3, 0.4) is 0 Å². The highest BCUT2D eigenvalue weighted by Gasteiger charge is 2.16. The monoisotopic (exact) mass is 187 g/mol. The Hall–Kier alpha value is -0.610. The van der Waals surface area contributed by atoms with E-state index in [4.69, 9.17) is 5.73 Å². The Morgan fingerprint density at radius 1 is 1.46 bits per heavy atom. The lowest BCUT2D eigenvalue weighted by atomic mass is 10.0. The molecule has 1 amide bonds. The van der Waals surface area contributed by atoms with Gasteiger partial charge in [0.1, 0.15) is 0 Å². The first-order chi connectivity index (χ1) is 6.02. The fourth-order valence-corrected chi connectivity index (χ4v) is 0.814. The Morgan fingerprint density at radius 2 is 2.08 bits per heavy atom. The summed E-state index contributed by atoms with van der Waals surface area (Å²) in [6.45, 7) is 7.65. The molecule has 4 N–H and O–H groups in total. The van der Waals surface area contributed by atoms with Gasteiger partial charge in [-0.25, -0.2) is 0 Å². The molecular formula is C9H21N3O. The molecule has 0 heterocycles. The maximum atomic E-state index is 11.3. The van der Waals surface area contributed by atoms with Crippen molar-refractivity contribution in [3.63, 3.8) is 0 Å². The van der Waals surface area contributed by atoms with Crippen molar-refractivity contribution in [2.75, 3.05) is 19.6 Å². The molecular weight excluding hydrogens is 166 g/mol. The molecule has 0 unspecified atom stereocenters. The maximum Gasteiger partial charge on any atom is 0.234 e. The van der Waals surface area contributed by atoms with E-state index < -0.39 is 0 Å². The minimum absolute atomic E-state index is 0.0281. The predicted molar refractivity (Wildman–Crippen MR) is 54.4 cm³/mol. The van der Waals surface area contributed by atoms with Crippen LogP contribution in [0, 0.1) is 0 Å². The first-order valence-corrected chi connectivity index (χ1v) is 4.73. The van der Waals surface area contributed by atoms with E-state index >= 15 is 0 Å². The summed E-state index contributed by atoms with van der Waals surface area (Å²) in [6, 6.07) is 0. The van der Waals surface area contributed by atoms with Crippen molar-refractivity contribution in [2.24, 2.45) is 5.73 Å². The van der Waals surface area contributed by atoms with Gasteiger partial charge < -0.3 is 16.4 Å². The molecule has 78 valence electrons. The molecule has 13 heavy (non-hydrogen) atoms. The van der Waals surface area contributed by atoms with Crippen molar-refractivity contribution < 1.29 is 4.79 Å². The largest absolute Gasteiger partial charge is 0.350 e. The Bertz CT molecular complexity index is 157. The van der Waals surface area contributed by atoms with Gasteiger partial charge in [0.25, 0.3) is 0 Å². The molecule has 0 spiro atoms. The predicted octanol–water partition coefficient (Wildman–Crippen LogP) is -0.160. The molecule has 0 fully saturated rings. The molecule has 0 radical (unpaired) electrons. The molecule has 0 rings (SSSR count). The maximum absolute atomic E-state index is 11.3. The molecule has 0 saturated carbocycles. The molecule has 0 aromatic heterocycles. The van der Waals surface area contributed by atoms with E-state index in [2.05, 4.69) is 10.6 Å². The highest BCUT2D eigenvalue weighted by atomic mass is 16.2. The lowest BCUT2D eigenvalue weighted by Gasteiger charge is -2.24. The number of nitrogens with one attached hydrogen (secondary N) is 2. The SMILES string of the molecule is CCC(C)(C)NC(=O)CNCCN. The van der Waals surface area contributed by atoms with E-state index in [1.165, 1.54) is 0 Å². The average Bonchev–Trinajstić information content (AvgIpc) is 2.04. The summed E-state index contributed by atoms with van der Waals surface area (Å²) in [7, 11) is 0. The molecule has 0 aromatic carbocycles. The van der Waals surface area contributed by atoms with Gasteiger partial charge in [-0.1, -0.05) is 6.92 Å². The summed E-state index contributed by atoms with van der Waals surface area (Å²) in [5.41, 5.74) is 5.16. The summed E-state index contributed by atoms with van der Waals surface area (Å²) in [4.78, 5) is 11.3. The quantitative estimate of drug-likeness (QED) is 0.506. The summed E-state index contributed by atoms with van der Waals surface area (Å²) in [5, 5.41) is 5.87. The molecule has 0 aliphatic carbocycles. The van der Waals surface area contributed by atoms with Crippen molar-refractivity contribution in [3.05, 3.63) is 0 Å². The third kappa shape index (κ3) is 6.54. The lowest BCUT2D eigenvalue weighted by molar-refractivity contribution is -0.121. The number of hydrogen-bond acceptors (Lipinski definition) is 3. The van der Waals surface area contributed by atoms with Crippen LogP contribution in [-0.2, 0) is 4.79 Å². The number of carbonyl (C=O) groups is 1. The zero-order chi connectivity index (χ0) is 10.3. The smallest absolute Gasteiger partial charge is 0.234 e. The lowest BCUT2D eigenvalue weighted by Crippen LogP contribution is -2.46. The van der Waals surface area contributed by atoms with Gasteiger partial charge in [0.05, 0.1) is 6.54 Å². The van der Waals surface area contributed by atoms with Crippen LogP contribution in [0.1, 0.15) is 27.2 Å². The zero-order valence-corrected chi connectivity index (χ0v) is 8.81. The van der Waals surface area contributed by atoms with Crippen molar-refractivity contribution in [1.82, 2.24) is 10.6 Å². The van der Waals surface area contributed by atoms with Gasteiger partial charge in [0, 0.05) is 18.6 Å². The second kappa shape index (κ2) is 5.94. The first kappa shape index (κ1) is 12.4. The van der Waals surface area contributed by atoms with E-state index in [0.29, 0.717) is 19.6 Å². The Kier molecular flexibility index (Phi) is 5.66. The van der Waals surface area contributed by atoms with Gasteiger partial charge in [-0.3, -0.25) is 4.79 Å². The standard InChI is InChI=1S/C9H21N3O/c1-4-9(2,3)12-8(13)7-11-6-5-10/h11H,4-7,10H2,1-3H3,(H,12,13). The highest BCUT2D eigenvalue weighted by molar-refractivity contribution is 5.78. The first-order valence-electron chi connectivity index (χ1n) is 4.73. The van der Waals surface area contributed by atoms with Gasteiger partial charge in [-0.05, 0) is 20.3 Å². The van der Waals surface area contributed by atoms with E-state index in [0.717, 1.165) is 6.42 Å². The van der Waals surface area contributed by atoms with Gasteiger partial charge in [0.2, 0.25) is 5.91 Å². The van der Waals surface area contributed by atoms with Crippen LogP contribution in [0.25, 0.3) is 0 Å². The van der Waals surface area contributed by atoms with E-state index in [9.17, 15) is 4.79 Å². The van der Waals surface area contributed by atoms with Crippen molar-refractivity contribution >= 4 is 5.91 Å². The van der Waals surface area contributed by atoms with Crippen LogP contribution in [0.5, 0.6) is 0 Å². The summed E-state index contributed by atoms with van der Waals surface area (Å²) < 4.78 is 0. The Balaban J connectivity index is 3.62. The third-order valence-corrected chi connectivity index (χ3v) is 1.97. The van der Waals surface area contributed by atoms with Crippen LogP contribution in [0.2, 0.25) is 0 Å². The second-order valence-corrected chi connectivity index (χ2v) is 3.75. The molecule has 4 heteroatoms.